The number of aromatic nitrogens is 2. The minimum Gasteiger partial charge on any atom is -0.387 e. The number of aliphatic hydroxyl groups is 1. The van der Waals surface area contributed by atoms with Crippen molar-refractivity contribution in [3.63, 3.8) is 0 Å². The Kier molecular flexibility index (Phi) is 8.98. The lowest BCUT2D eigenvalue weighted by Gasteiger charge is -2.12. The van der Waals surface area contributed by atoms with Crippen LogP contribution in [-0.4, -0.2) is 36.6 Å². The Balaban J connectivity index is 1.11. The SMILES string of the molecule is O=S(=O)(Nc1ccc(CCNC[C@H](O)c2ccccc2)cc1)c1ccc(Cc2nc(-c3cccnc3)cs2)cc1. The number of nitrogens with one attached hydrogen (secondary N) is 2. The van der Waals surface area contributed by atoms with E-state index >= 15 is 0 Å². The van der Waals surface area contributed by atoms with E-state index in [1.165, 1.54) is 0 Å². The van der Waals surface area contributed by atoms with Crippen molar-refractivity contribution in [1.29, 1.82) is 0 Å². The van der Waals surface area contributed by atoms with E-state index in [9.17, 15) is 13.5 Å². The molecule has 1 atom stereocenters. The molecule has 204 valence electrons. The normalized spacial score (nSPS) is 12.2. The lowest BCUT2D eigenvalue weighted by atomic mass is 10.1. The van der Waals surface area contributed by atoms with Crippen molar-refractivity contribution < 1.29 is 13.5 Å². The lowest BCUT2D eigenvalue weighted by Crippen LogP contribution is -2.23. The highest BCUT2D eigenvalue weighted by molar-refractivity contribution is 7.92. The second-order valence-corrected chi connectivity index (χ2v) is 12.0. The van der Waals surface area contributed by atoms with Crippen LogP contribution in [-0.2, 0) is 22.9 Å². The molecule has 9 heteroatoms. The molecule has 0 amide bonds. The molecule has 7 nitrogen and oxygen atoms in total. The van der Waals surface area contributed by atoms with E-state index < -0.39 is 16.1 Å². The molecule has 0 fully saturated rings. The highest BCUT2D eigenvalue weighted by Gasteiger charge is 2.15. The molecule has 3 N–H and O–H groups in total. The van der Waals surface area contributed by atoms with Crippen molar-refractivity contribution in [2.45, 2.75) is 23.8 Å². The molecule has 3 aromatic carbocycles. The summed E-state index contributed by atoms with van der Waals surface area (Å²) in [6.07, 6.45) is 4.36. The molecule has 0 bridgehead atoms. The molecule has 2 aromatic heterocycles. The van der Waals surface area contributed by atoms with E-state index in [2.05, 4.69) is 20.0 Å². The molecule has 0 unspecified atom stereocenters. The van der Waals surface area contributed by atoms with Crippen molar-refractivity contribution in [2.75, 3.05) is 17.8 Å². The number of sulfonamides is 1. The van der Waals surface area contributed by atoms with E-state index in [1.54, 1.807) is 48.0 Å². The minimum atomic E-state index is -3.71. The smallest absolute Gasteiger partial charge is 0.261 e. The van der Waals surface area contributed by atoms with Crippen LogP contribution in [0, 0.1) is 0 Å². The zero-order valence-electron chi connectivity index (χ0n) is 21.8. The van der Waals surface area contributed by atoms with Gasteiger partial charge in [0.05, 0.1) is 21.7 Å². The van der Waals surface area contributed by atoms with Crippen LogP contribution in [0.1, 0.15) is 27.8 Å². The summed E-state index contributed by atoms with van der Waals surface area (Å²) in [7, 11) is -3.71. The molecule has 0 saturated heterocycles. The van der Waals surface area contributed by atoms with Crippen LogP contribution in [0.4, 0.5) is 5.69 Å². The van der Waals surface area contributed by atoms with Gasteiger partial charge in [-0.05, 0) is 66.1 Å². The molecular formula is C31H30N4O3S2. The van der Waals surface area contributed by atoms with Gasteiger partial charge in [-0.1, -0.05) is 54.6 Å². The second kappa shape index (κ2) is 13.0. The van der Waals surface area contributed by atoms with E-state index in [-0.39, 0.29) is 4.90 Å². The third-order valence-corrected chi connectivity index (χ3v) is 8.66. The van der Waals surface area contributed by atoms with Gasteiger partial charge in [0.2, 0.25) is 0 Å². The first-order valence-electron chi connectivity index (χ1n) is 13.0. The van der Waals surface area contributed by atoms with Crippen LogP contribution in [0.5, 0.6) is 0 Å². The number of anilines is 1. The summed E-state index contributed by atoms with van der Waals surface area (Å²) in [5, 5.41) is 16.5. The number of hydrogen-bond donors (Lipinski definition) is 3. The summed E-state index contributed by atoms with van der Waals surface area (Å²) < 4.78 is 28.6. The zero-order chi connectivity index (χ0) is 27.8. The van der Waals surface area contributed by atoms with E-state index in [0.717, 1.165) is 39.4 Å². The average molecular weight is 571 g/mol. The number of rotatable bonds is 12. The van der Waals surface area contributed by atoms with Crippen LogP contribution in [0.15, 0.2) is 114 Å². The molecule has 2 heterocycles. The van der Waals surface area contributed by atoms with Gasteiger partial charge in [-0.3, -0.25) is 9.71 Å². The first kappa shape index (κ1) is 27.7. The highest BCUT2D eigenvalue weighted by atomic mass is 32.2. The molecule has 0 spiro atoms. The maximum absolute atomic E-state index is 12.9. The Morgan fingerprint density at radius 2 is 1.62 bits per heavy atom. The number of nitrogens with zero attached hydrogens (tertiary/aromatic N) is 2. The third-order valence-electron chi connectivity index (χ3n) is 6.42. The van der Waals surface area contributed by atoms with Crippen LogP contribution in [0.2, 0.25) is 0 Å². The fourth-order valence-electron chi connectivity index (χ4n) is 4.22. The van der Waals surface area contributed by atoms with E-state index in [0.29, 0.717) is 25.2 Å². The Morgan fingerprint density at radius 1 is 0.875 bits per heavy atom. The first-order valence-corrected chi connectivity index (χ1v) is 15.3. The van der Waals surface area contributed by atoms with Crippen molar-refractivity contribution in [3.8, 4) is 11.3 Å². The maximum atomic E-state index is 12.9. The number of thiazole rings is 1. The maximum Gasteiger partial charge on any atom is 0.261 e. The highest BCUT2D eigenvalue weighted by Crippen LogP contribution is 2.24. The molecule has 0 saturated carbocycles. The van der Waals surface area contributed by atoms with Gasteiger partial charge in [-0.15, -0.1) is 11.3 Å². The molecule has 40 heavy (non-hydrogen) atoms. The van der Waals surface area contributed by atoms with Crippen LogP contribution in [0.25, 0.3) is 11.3 Å². The molecular weight excluding hydrogens is 541 g/mol. The molecule has 0 aliphatic rings. The zero-order valence-corrected chi connectivity index (χ0v) is 23.4. The molecule has 5 rings (SSSR count). The number of aliphatic hydroxyl groups excluding tert-OH is 1. The van der Waals surface area contributed by atoms with Gasteiger partial charge in [0.25, 0.3) is 10.0 Å². The lowest BCUT2D eigenvalue weighted by molar-refractivity contribution is 0.175. The van der Waals surface area contributed by atoms with Gasteiger partial charge in [0.1, 0.15) is 0 Å². The fraction of sp³-hybridized carbons (Fsp3) is 0.161. The van der Waals surface area contributed by atoms with Gasteiger partial charge < -0.3 is 10.4 Å². The Labute approximate surface area is 238 Å². The monoisotopic (exact) mass is 570 g/mol. The summed E-state index contributed by atoms with van der Waals surface area (Å²) in [6, 6.07) is 27.7. The van der Waals surface area contributed by atoms with Gasteiger partial charge in [0, 0.05) is 42.0 Å². The van der Waals surface area contributed by atoms with Gasteiger partial charge in [0.15, 0.2) is 0 Å². The van der Waals surface area contributed by atoms with Crippen LogP contribution < -0.4 is 10.0 Å². The van der Waals surface area contributed by atoms with Crippen molar-refractivity contribution in [1.82, 2.24) is 15.3 Å². The molecule has 5 aromatic rings. The van der Waals surface area contributed by atoms with Crippen LogP contribution >= 0.6 is 11.3 Å². The molecule has 0 aliphatic carbocycles. The van der Waals surface area contributed by atoms with Gasteiger partial charge in [-0.2, -0.15) is 0 Å². The summed E-state index contributed by atoms with van der Waals surface area (Å²) in [4.78, 5) is 9.03. The van der Waals surface area contributed by atoms with Crippen molar-refractivity contribution >= 4 is 27.0 Å². The van der Waals surface area contributed by atoms with Crippen molar-refractivity contribution in [3.05, 3.63) is 130 Å². The Bertz CT molecular complexity index is 1610. The third kappa shape index (κ3) is 7.40. The Hall–Kier alpha value is -3.89. The topological polar surface area (TPSA) is 104 Å². The number of benzene rings is 3. The standard InChI is InChI=1S/C31H30N4O3S2/c36-30(25-5-2-1-3-6-25)21-33-18-16-23-8-12-27(13-9-23)35-40(37,38)28-14-10-24(11-15-28)19-31-34-29(22-39-31)26-7-4-17-32-20-26/h1-15,17,20,22,30,33,35-36H,16,18-19,21H2/t30-/m0/s1. The number of pyridine rings is 1. The predicted molar refractivity (Wildman–Crippen MR) is 160 cm³/mol. The van der Waals surface area contributed by atoms with E-state index in [4.69, 9.17) is 0 Å². The first-order chi connectivity index (χ1) is 19.5. The van der Waals surface area contributed by atoms with Gasteiger partial charge >= 0.3 is 0 Å². The van der Waals surface area contributed by atoms with Gasteiger partial charge in [-0.25, -0.2) is 13.4 Å². The largest absolute Gasteiger partial charge is 0.387 e. The Morgan fingerprint density at radius 3 is 2.35 bits per heavy atom. The molecule has 0 aliphatic heterocycles. The van der Waals surface area contributed by atoms with E-state index in [1.807, 2.05) is 72.1 Å². The average Bonchev–Trinajstić information content (AvgIpc) is 3.45. The predicted octanol–water partition coefficient (Wildman–Crippen LogP) is 5.46. The number of hydrogen-bond acceptors (Lipinski definition) is 7. The quantitative estimate of drug-likeness (QED) is 0.172. The van der Waals surface area contributed by atoms with Crippen molar-refractivity contribution in [2.24, 2.45) is 0 Å². The summed E-state index contributed by atoms with van der Waals surface area (Å²) in [5.74, 6) is 0. The minimum absolute atomic E-state index is 0.205. The second-order valence-electron chi connectivity index (χ2n) is 9.37. The summed E-state index contributed by atoms with van der Waals surface area (Å²) in [6.45, 7) is 1.17. The summed E-state index contributed by atoms with van der Waals surface area (Å²) >= 11 is 1.57. The summed E-state index contributed by atoms with van der Waals surface area (Å²) in [5.41, 5.74) is 5.31. The fourth-order valence-corrected chi connectivity index (χ4v) is 6.11. The van der Waals surface area contributed by atoms with Crippen LogP contribution in [0.3, 0.4) is 0 Å². The molecule has 0 radical (unpaired) electrons.